The van der Waals surface area contributed by atoms with Crippen LogP contribution in [-0.2, 0) is 39.3 Å². The van der Waals surface area contributed by atoms with Crippen molar-refractivity contribution < 1.29 is 24.2 Å². The molecular formula is C32H38N4O6. The molecule has 2 atom stereocenters. The Kier molecular flexibility index (Phi) is 9.24. The first-order valence-corrected chi connectivity index (χ1v) is 14.4. The topological polar surface area (TPSA) is 115 Å². The van der Waals surface area contributed by atoms with Crippen LogP contribution in [0.3, 0.4) is 0 Å². The normalized spacial score (nSPS) is 18.6. The number of aromatic nitrogens is 2. The molecule has 0 aliphatic carbocycles. The molecule has 1 saturated heterocycles. The van der Waals surface area contributed by atoms with Crippen molar-refractivity contribution in [1.82, 2.24) is 19.6 Å². The van der Waals surface area contributed by atoms with Crippen LogP contribution >= 0.6 is 0 Å². The summed E-state index contributed by atoms with van der Waals surface area (Å²) >= 11 is 0. The summed E-state index contributed by atoms with van der Waals surface area (Å²) in [5.74, 6) is -0.525. The van der Waals surface area contributed by atoms with E-state index in [1.54, 1.807) is 10.8 Å². The number of hydrogen-bond acceptors (Lipinski definition) is 6. The molecule has 42 heavy (non-hydrogen) atoms. The SMILES string of the molecule is Cc1c(C2C=C(C(=O)NCCCN3CCCC3=O)OC(OCc3ccc(CO)cc3)C2)c(=O)n(-c2ccccc2)n1C. The van der Waals surface area contributed by atoms with Crippen molar-refractivity contribution in [2.75, 3.05) is 19.6 Å². The second-order valence-corrected chi connectivity index (χ2v) is 10.8. The van der Waals surface area contributed by atoms with Crippen molar-refractivity contribution in [3.63, 3.8) is 0 Å². The molecular weight excluding hydrogens is 536 g/mol. The zero-order valence-corrected chi connectivity index (χ0v) is 24.1. The third kappa shape index (κ3) is 6.50. The fourth-order valence-corrected chi connectivity index (χ4v) is 5.57. The number of para-hydroxylation sites is 1. The van der Waals surface area contributed by atoms with Crippen LogP contribution in [0.1, 0.15) is 54.0 Å². The third-order valence-corrected chi connectivity index (χ3v) is 7.95. The van der Waals surface area contributed by atoms with E-state index < -0.39 is 12.2 Å². The van der Waals surface area contributed by atoms with Crippen molar-refractivity contribution in [2.24, 2.45) is 7.05 Å². The minimum Gasteiger partial charge on any atom is -0.459 e. The van der Waals surface area contributed by atoms with Gasteiger partial charge in [-0.3, -0.25) is 19.1 Å². The standard InChI is InChI=1S/C32H38N4O6/c1-22-30(32(40)36(34(22)2)26-8-4-3-5-9-26)25-18-27(31(39)33-15-7-17-35-16-6-10-28(35)38)42-29(19-25)41-21-24-13-11-23(20-37)12-14-24/h3-5,8-9,11-14,18,25,29,37H,6-7,10,15-17,19-21H2,1-2H3,(H,33,39). The molecule has 2 aliphatic heterocycles. The van der Waals surface area contributed by atoms with Gasteiger partial charge in [-0.05, 0) is 49.1 Å². The van der Waals surface area contributed by atoms with Crippen LogP contribution in [0.2, 0.25) is 0 Å². The number of hydrogen-bond donors (Lipinski definition) is 2. The summed E-state index contributed by atoms with van der Waals surface area (Å²) in [6, 6.07) is 16.8. The van der Waals surface area contributed by atoms with E-state index in [0.29, 0.717) is 37.9 Å². The van der Waals surface area contributed by atoms with Crippen LogP contribution in [0, 0.1) is 6.92 Å². The summed E-state index contributed by atoms with van der Waals surface area (Å²) in [6.07, 6.45) is 3.42. The van der Waals surface area contributed by atoms with Gasteiger partial charge in [-0.15, -0.1) is 0 Å². The number of carbonyl (C=O) groups is 2. The van der Waals surface area contributed by atoms with E-state index in [1.165, 1.54) is 0 Å². The predicted octanol–water partition coefficient (Wildman–Crippen LogP) is 3.04. The number of aliphatic hydroxyl groups excluding tert-OH is 1. The number of ether oxygens (including phenoxy) is 2. The Balaban J connectivity index is 1.35. The number of nitrogens with one attached hydrogen (secondary N) is 1. The number of nitrogens with zero attached hydrogens (tertiary/aromatic N) is 3. The molecule has 222 valence electrons. The Labute approximate surface area is 245 Å². The van der Waals surface area contributed by atoms with Crippen molar-refractivity contribution in [2.45, 2.75) is 58.0 Å². The van der Waals surface area contributed by atoms with Gasteiger partial charge in [0.15, 0.2) is 5.76 Å². The average Bonchev–Trinajstić information content (AvgIpc) is 3.52. The van der Waals surface area contributed by atoms with Gasteiger partial charge < -0.3 is 24.8 Å². The lowest BCUT2D eigenvalue weighted by Crippen LogP contribution is -2.35. The van der Waals surface area contributed by atoms with Gasteiger partial charge >= 0.3 is 0 Å². The summed E-state index contributed by atoms with van der Waals surface area (Å²) in [4.78, 5) is 40.7. The van der Waals surface area contributed by atoms with E-state index >= 15 is 0 Å². The highest BCUT2D eigenvalue weighted by Crippen LogP contribution is 2.32. The van der Waals surface area contributed by atoms with Crippen molar-refractivity contribution in [1.29, 1.82) is 0 Å². The maximum atomic E-state index is 13.8. The number of rotatable bonds is 11. The molecule has 2 aliphatic rings. The molecule has 2 N–H and O–H groups in total. The molecule has 10 nitrogen and oxygen atoms in total. The van der Waals surface area contributed by atoms with Gasteiger partial charge in [0.05, 0.1) is 18.9 Å². The van der Waals surface area contributed by atoms with Crippen molar-refractivity contribution >= 4 is 11.8 Å². The average molecular weight is 575 g/mol. The maximum Gasteiger partial charge on any atom is 0.286 e. The largest absolute Gasteiger partial charge is 0.459 e. The monoisotopic (exact) mass is 574 g/mol. The Bertz CT molecular complexity index is 1490. The lowest BCUT2D eigenvalue weighted by atomic mass is 9.93. The fourth-order valence-electron chi connectivity index (χ4n) is 5.57. The van der Waals surface area contributed by atoms with E-state index in [-0.39, 0.29) is 36.3 Å². The third-order valence-electron chi connectivity index (χ3n) is 7.95. The Morgan fingerprint density at radius 3 is 2.52 bits per heavy atom. The van der Waals surface area contributed by atoms with Crippen LogP contribution in [0.25, 0.3) is 5.69 Å². The molecule has 10 heteroatoms. The van der Waals surface area contributed by atoms with Gasteiger partial charge in [0, 0.05) is 56.7 Å². The predicted molar refractivity (Wildman–Crippen MR) is 157 cm³/mol. The zero-order chi connectivity index (χ0) is 29.6. The molecule has 0 spiro atoms. The highest BCUT2D eigenvalue weighted by molar-refractivity contribution is 5.91. The molecule has 1 aromatic heterocycles. The van der Waals surface area contributed by atoms with E-state index in [4.69, 9.17) is 9.47 Å². The summed E-state index contributed by atoms with van der Waals surface area (Å²) in [5.41, 5.74) is 3.68. The summed E-state index contributed by atoms with van der Waals surface area (Å²) < 4.78 is 15.6. The lowest BCUT2D eigenvalue weighted by Gasteiger charge is -2.29. The molecule has 2 unspecified atom stereocenters. The highest BCUT2D eigenvalue weighted by atomic mass is 16.7. The number of likely N-dealkylation sites (tertiary alicyclic amines) is 1. The lowest BCUT2D eigenvalue weighted by molar-refractivity contribution is -0.150. The molecule has 3 heterocycles. The molecule has 0 saturated carbocycles. The minimum atomic E-state index is -0.760. The van der Waals surface area contributed by atoms with Gasteiger partial charge in [0.25, 0.3) is 11.5 Å². The molecule has 1 fully saturated rings. The van der Waals surface area contributed by atoms with E-state index in [9.17, 15) is 19.5 Å². The van der Waals surface area contributed by atoms with Gasteiger partial charge in [-0.25, -0.2) is 4.68 Å². The van der Waals surface area contributed by atoms with Crippen LogP contribution in [-0.4, -0.2) is 57.1 Å². The first kappa shape index (κ1) is 29.3. The fraction of sp³-hybridized carbons (Fsp3) is 0.406. The Morgan fingerprint density at radius 2 is 1.83 bits per heavy atom. The second kappa shape index (κ2) is 13.2. The number of allylic oxidation sites excluding steroid dienone is 1. The quantitative estimate of drug-likeness (QED) is 0.340. The Hall–Kier alpha value is -4.15. The molecule has 0 bridgehead atoms. The number of benzene rings is 2. The van der Waals surface area contributed by atoms with Crippen LogP contribution in [0.4, 0.5) is 0 Å². The zero-order valence-electron chi connectivity index (χ0n) is 24.1. The van der Waals surface area contributed by atoms with E-state index in [0.717, 1.165) is 35.5 Å². The molecule has 3 aromatic rings. The summed E-state index contributed by atoms with van der Waals surface area (Å²) in [5, 5.41) is 12.2. The minimum absolute atomic E-state index is 0.0386. The second-order valence-electron chi connectivity index (χ2n) is 10.8. The van der Waals surface area contributed by atoms with Crippen molar-refractivity contribution in [3.05, 3.63) is 99.2 Å². The first-order valence-electron chi connectivity index (χ1n) is 14.4. The molecule has 2 aromatic carbocycles. The molecule has 2 amide bonds. The summed E-state index contributed by atoms with van der Waals surface area (Å²) in [6.45, 7) is 3.86. The van der Waals surface area contributed by atoms with Crippen LogP contribution < -0.4 is 10.9 Å². The van der Waals surface area contributed by atoms with E-state index in [1.807, 2.05) is 78.2 Å². The van der Waals surface area contributed by atoms with E-state index in [2.05, 4.69) is 5.32 Å². The molecule has 0 radical (unpaired) electrons. The van der Waals surface area contributed by atoms with Crippen LogP contribution in [0.15, 0.2) is 71.2 Å². The van der Waals surface area contributed by atoms with Gasteiger partial charge in [-0.1, -0.05) is 42.5 Å². The number of carbonyl (C=O) groups excluding carboxylic acids is 2. The maximum absolute atomic E-state index is 13.8. The van der Waals surface area contributed by atoms with Gasteiger partial charge in [-0.2, -0.15) is 0 Å². The summed E-state index contributed by atoms with van der Waals surface area (Å²) in [7, 11) is 1.85. The van der Waals surface area contributed by atoms with Gasteiger partial charge in [0.2, 0.25) is 12.2 Å². The highest BCUT2D eigenvalue weighted by Gasteiger charge is 2.33. The first-order chi connectivity index (χ1) is 20.4. The Morgan fingerprint density at radius 1 is 1.10 bits per heavy atom. The van der Waals surface area contributed by atoms with Gasteiger partial charge in [0.1, 0.15) is 0 Å². The van der Waals surface area contributed by atoms with Crippen LogP contribution in [0.5, 0.6) is 0 Å². The number of amides is 2. The number of aliphatic hydroxyl groups is 1. The van der Waals surface area contributed by atoms with Crippen molar-refractivity contribution in [3.8, 4) is 5.69 Å². The molecule has 5 rings (SSSR count). The smallest absolute Gasteiger partial charge is 0.286 e.